The molecular weight excluding hydrogens is 314 g/mol. The third kappa shape index (κ3) is 3.22. The molecule has 0 saturated carbocycles. The number of aromatic carboxylic acids is 1. The summed E-state index contributed by atoms with van der Waals surface area (Å²) in [6.07, 6.45) is 1.26. The minimum atomic E-state index is -1.07. The first-order valence-corrected chi connectivity index (χ1v) is 6.82. The first-order chi connectivity index (χ1) is 11.5. The van der Waals surface area contributed by atoms with Crippen molar-refractivity contribution in [1.29, 1.82) is 0 Å². The molecule has 0 fully saturated rings. The summed E-state index contributed by atoms with van der Waals surface area (Å²) in [5.41, 5.74) is 1.74. The fourth-order valence-electron chi connectivity index (χ4n) is 2.03. The molecule has 8 nitrogen and oxygen atoms in total. The van der Waals surface area contributed by atoms with Crippen LogP contribution >= 0.6 is 0 Å². The standard InChI is InChI=1S/C16H11N3O5/c20-14(10-3-6-12-13(7-10)24-8-17-12)19-16(23)18-11-4-1-9(2-5-11)15(21)22/h1-8H,(H,21,22)(H2,18,19,20,23). The molecule has 0 saturated heterocycles. The van der Waals surface area contributed by atoms with E-state index in [4.69, 9.17) is 9.52 Å². The molecule has 1 heterocycles. The summed E-state index contributed by atoms with van der Waals surface area (Å²) < 4.78 is 5.10. The topological polar surface area (TPSA) is 122 Å². The van der Waals surface area contributed by atoms with Gasteiger partial charge in [-0.1, -0.05) is 0 Å². The van der Waals surface area contributed by atoms with Gasteiger partial charge in [0.15, 0.2) is 12.0 Å². The first-order valence-electron chi connectivity index (χ1n) is 6.82. The number of carboxylic acid groups (broad SMARTS) is 1. The predicted molar refractivity (Wildman–Crippen MR) is 83.9 cm³/mol. The van der Waals surface area contributed by atoms with Gasteiger partial charge in [-0.2, -0.15) is 0 Å². The van der Waals surface area contributed by atoms with Crippen LogP contribution in [0.5, 0.6) is 0 Å². The molecule has 0 atom stereocenters. The smallest absolute Gasteiger partial charge is 0.335 e. The zero-order chi connectivity index (χ0) is 17.1. The van der Waals surface area contributed by atoms with Crippen molar-refractivity contribution in [3.63, 3.8) is 0 Å². The number of hydrogen-bond acceptors (Lipinski definition) is 5. The molecule has 0 aliphatic heterocycles. The van der Waals surface area contributed by atoms with Gasteiger partial charge in [0, 0.05) is 11.3 Å². The lowest BCUT2D eigenvalue weighted by atomic mass is 10.2. The second-order valence-corrected chi connectivity index (χ2v) is 4.83. The molecule has 0 aliphatic carbocycles. The van der Waals surface area contributed by atoms with Crippen molar-refractivity contribution in [2.24, 2.45) is 0 Å². The number of carboxylic acids is 1. The molecule has 0 bridgehead atoms. The highest BCUT2D eigenvalue weighted by Crippen LogP contribution is 2.14. The average molecular weight is 325 g/mol. The van der Waals surface area contributed by atoms with E-state index in [0.717, 1.165) is 0 Å². The summed E-state index contributed by atoms with van der Waals surface area (Å²) in [7, 11) is 0. The number of hydrogen-bond donors (Lipinski definition) is 3. The minimum absolute atomic E-state index is 0.0948. The summed E-state index contributed by atoms with van der Waals surface area (Å²) in [6.45, 7) is 0. The number of oxazole rings is 1. The number of aromatic nitrogens is 1. The van der Waals surface area contributed by atoms with E-state index < -0.39 is 17.9 Å². The third-order valence-electron chi connectivity index (χ3n) is 3.21. The number of rotatable bonds is 3. The van der Waals surface area contributed by atoms with Gasteiger partial charge in [0.05, 0.1) is 5.56 Å². The SMILES string of the molecule is O=C(NC(=O)c1ccc2ncoc2c1)Nc1ccc(C(=O)O)cc1. The molecule has 3 N–H and O–H groups in total. The second-order valence-electron chi connectivity index (χ2n) is 4.83. The van der Waals surface area contributed by atoms with E-state index in [1.807, 2.05) is 0 Å². The van der Waals surface area contributed by atoms with Gasteiger partial charge in [0.2, 0.25) is 0 Å². The van der Waals surface area contributed by atoms with Gasteiger partial charge in [0.1, 0.15) is 5.52 Å². The molecule has 1 aromatic heterocycles. The lowest BCUT2D eigenvalue weighted by molar-refractivity contribution is 0.0696. The van der Waals surface area contributed by atoms with Gasteiger partial charge >= 0.3 is 12.0 Å². The fraction of sp³-hybridized carbons (Fsp3) is 0. The summed E-state index contributed by atoms with van der Waals surface area (Å²) >= 11 is 0. The zero-order valence-electron chi connectivity index (χ0n) is 12.1. The average Bonchev–Trinajstić information content (AvgIpc) is 3.02. The van der Waals surface area contributed by atoms with Crippen LogP contribution in [0, 0.1) is 0 Å². The maximum absolute atomic E-state index is 12.0. The van der Waals surface area contributed by atoms with Crippen molar-refractivity contribution >= 4 is 34.7 Å². The molecular formula is C16H11N3O5. The van der Waals surface area contributed by atoms with Crippen LogP contribution < -0.4 is 10.6 Å². The second kappa shape index (κ2) is 6.21. The van der Waals surface area contributed by atoms with Crippen LogP contribution in [-0.4, -0.2) is 28.0 Å². The Balaban J connectivity index is 1.65. The lowest BCUT2D eigenvalue weighted by Gasteiger charge is -2.07. The summed E-state index contributed by atoms with van der Waals surface area (Å²) in [5, 5.41) is 13.4. The number of nitrogens with one attached hydrogen (secondary N) is 2. The number of urea groups is 1. The molecule has 24 heavy (non-hydrogen) atoms. The van der Waals surface area contributed by atoms with Crippen LogP contribution in [0.15, 0.2) is 53.3 Å². The Kier molecular flexibility index (Phi) is 3.94. The number of carbonyl (C=O) groups excluding carboxylic acids is 2. The van der Waals surface area contributed by atoms with Crippen molar-refractivity contribution in [2.45, 2.75) is 0 Å². The van der Waals surface area contributed by atoms with Gasteiger partial charge in [-0.25, -0.2) is 14.6 Å². The van der Waals surface area contributed by atoms with Crippen molar-refractivity contribution in [2.75, 3.05) is 5.32 Å². The molecule has 0 aliphatic rings. The predicted octanol–water partition coefficient (Wildman–Crippen LogP) is 2.49. The van der Waals surface area contributed by atoms with E-state index >= 15 is 0 Å². The Bertz CT molecular complexity index is 930. The number of amides is 3. The molecule has 0 spiro atoms. The lowest BCUT2D eigenvalue weighted by Crippen LogP contribution is -2.34. The minimum Gasteiger partial charge on any atom is -0.478 e. The number of imide groups is 1. The summed E-state index contributed by atoms with van der Waals surface area (Å²) in [6, 6.07) is 9.41. The number of fused-ring (bicyclic) bond motifs is 1. The molecule has 3 aromatic rings. The molecule has 0 unspecified atom stereocenters. The van der Waals surface area contributed by atoms with Crippen LogP contribution in [0.1, 0.15) is 20.7 Å². The highest BCUT2D eigenvalue weighted by atomic mass is 16.4. The summed E-state index contributed by atoms with van der Waals surface area (Å²) in [4.78, 5) is 38.6. The van der Waals surface area contributed by atoms with E-state index in [0.29, 0.717) is 16.8 Å². The Morgan fingerprint density at radius 1 is 1.00 bits per heavy atom. The Morgan fingerprint density at radius 2 is 1.71 bits per heavy atom. The molecule has 3 rings (SSSR count). The highest BCUT2D eigenvalue weighted by Gasteiger charge is 2.12. The summed E-state index contributed by atoms with van der Waals surface area (Å²) in [5.74, 6) is -1.67. The third-order valence-corrected chi connectivity index (χ3v) is 3.21. The van der Waals surface area contributed by atoms with E-state index in [-0.39, 0.29) is 11.1 Å². The van der Waals surface area contributed by atoms with Gasteiger partial charge in [-0.05, 0) is 42.5 Å². The van der Waals surface area contributed by atoms with E-state index in [1.165, 1.54) is 42.8 Å². The zero-order valence-corrected chi connectivity index (χ0v) is 12.1. The molecule has 120 valence electrons. The van der Waals surface area contributed by atoms with Crippen molar-refractivity contribution in [3.05, 3.63) is 60.0 Å². The quantitative estimate of drug-likeness (QED) is 0.680. The molecule has 8 heteroatoms. The molecule has 3 amide bonds. The highest BCUT2D eigenvalue weighted by molar-refractivity contribution is 6.08. The van der Waals surface area contributed by atoms with Gasteiger partial charge in [0.25, 0.3) is 5.91 Å². The number of benzene rings is 2. The first kappa shape index (κ1) is 15.2. The van der Waals surface area contributed by atoms with E-state index in [9.17, 15) is 14.4 Å². The van der Waals surface area contributed by atoms with Gasteiger partial charge < -0.3 is 14.8 Å². The Morgan fingerprint density at radius 3 is 2.42 bits per heavy atom. The van der Waals surface area contributed by atoms with Gasteiger partial charge in [-0.15, -0.1) is 0 Å². The van der Waals surface area contributed by atoms with Crippen LogP contribution in [0.25, 0.3) is 11.1 Å². The maximum atomic E-state index is 12.0. The molecule has 0 radical (unpaired) electrons. The monoisotopic (exact) mass is 325 g/mol. The fourth-order valence-corrected chi connectivity index (χ4v) is 2.03. The maximum Gasteiger partial charge on any atom is 0.335 e. The van der Waals surface area contributed by atoms with E-state index in [2.05, 4.69) is 15.6 Å². The Hall–Kier alpha value is -3.68. The van der Waals surface area contributed by atoms with Crippen LogP contribution in [0.3, 0.4) is 0 Å². The van der Waals surface area contributed by atoms with Crippen molar-refractivity contribution in [3.8, 4) is 0 Å². The largest absolute Gasteiger partial charge is 0.478 e. The molecule has 2 aromatic carbocycles. The van der Waals surface area contributed by atoms with Crippen LogP contribution in [0.2, 0.25) is 0 Å². The Labute approximate surface area is 135 Å². The van der Waals surface area contributed by atoms with Crippen molar-refractivity contribution < 1.29 is 23.9 Å². The number of anilines is 1. The number of carbonyl (C=O) groups is 3. The number of nitrogens with zero attached hydrogens (tertiary/aromatic N) is 1. The van der Waals surface area contributed by atoms with Crippen LogP contribution in [0.4, 0.5) is 10.5 Å². The van der Waals surface area contributed by atoms with Gasteiger partial charge in [-0.3, -0.25) is 10.1 Å². The van der Waals surface area contributed by atoms with E-state index in [1.54, 1.807) is 6.07 Å². The van der Waals surface area contributed by atoms with Crippen LogP contribution in [-0.2, 0) is 0 Å². The van der Waals surface area contributed by atoms with Crippen molar-refractivity contribution in [1.82, 2.24) is 10.3 Å². The normalized spacial score (nSPS) is 10.3.